The zero-order valence-corrected chi connectivity index (χ0v) is 11.8. The number of hydrogen-bond donors (Lipinski definition) is 1. The van der Waals surface area contributed by atoms with Crippen molar-refractivity contribution in [1.29, 1.82) is 0 Å². The second kappa shape index (κ2) is 5.28. The van der Waals surface area contributed by atoms with E-state index < -0.39 is 9.84 Å². The molecule has 18 heavy (non-hydrogen) atoms. The molecule has 100 valence electrons. The lowest BCUT2D eigenvalue weighted by atomic mass is 10.1. The van der Waals surface area contributed by atoms with Gasteiger partial charge in [-0.1, -0.05) is 6.07 Å². The third-order valence-corrected chi connectivity index (χ3v) is 5.01. The first-order valence-corrected chi connectivity index (χ1v) is 8.03. The Balaban J connectivity index is 2.13. The Labute approximate surface area is 109 Å². The van der Waals surface area contributed by atoms with Crippen molar-refractivity contribution in [2.45, 2.75) is 13.5 Å². The number of rotatable bonds is 3. The standard InChI is InChI=1S/C13H20N2O2S/c1-11-9-13(4-3-12(11)10-14-2)15-5-7-18(16,17)8-6-15/h3-4,9,14H,5-8,10H2,1-2H3. The minimum absolute atomic E-state index is 0.268. The van der Waals surface area contributed by atoms with Crippen LogP contribution in [-0.4, -0.2) is 40.1 Å². The summed E-state index contributed by atoms with van der Waals surface area (Å²) in [5.74, 6) is 0.536. The van der Waals surface area contributed by atoms with E-state index in [0.29, 0.717) is 13.1 Å². The number of sulfone groups is 1. The molecule has 0 bridgehead atoms. The molecule has 1 aromatic rings. The predicted octanol–water partition coefficient (Wildman–Crippen LogP) is 0.949. The summed E-state index contributed by atoms with van der Waals surface area (Å²) in [5.41, 5.74) is 3.66. The Morgan fingerprint density at radius 2 is 1.94 bits per heavy atom. The molecule has 0 aliphatic carbocycles. The van der Waals surface area contributed by atoms with E-state index in [4.69, 9.17) is 0 Å². The maximum Gasteiger partial charge on any atom is 0.153 e. The van der Waals surface area contributed by atoms with E-state index in [9.17, 15) is 8.42 Å². The molecule has 1 N–H and O–H groups in total. The largest absolute Gasteiger partial charge is 0.369 e. The molecular formula is C13H20N2O2S. The van der Waals surface area contributed by atoms with Crippen LogP contribution in [0.1, 0.15) is 11.1 Å². The van der Waals surface area contributed by atoms with Crippen molar-refractivity contribution in [3.8, 4) is 0 Å². The Kier molecular flexibility index (Phi) is 3.92. The van der Waals surface area contributed by atoms with Crippen LogP contribution in [0, 0.1) is 6.92 Å². The Morgan fingerprint density at radius 1 is 1.28 bits per heavy atom. The molecule has 1 heterocycles. The fourth-order valence-corrected chi connectivity index (χ4v) is 3.44. The number of nitrogens with zero attached hydrogens (tertiary/aromatic N) is 1. The van der Waals surface area contributed by atoms with E-state index in [2.05, 4.69) is 35.3 Å². The highest BCUT2D eigenvalue weighted by atomic mass is 32.2. The fraction of sp³-hybridized carbons (Fsp3) is 0.538. The van der Waals surface area contributed by atoms with Crippen molar-refractivity contribution in [2.75, 3.05) is 36.5 Å². The third-order valence-electron chi connectivity index (χ3n) is 3.40. The van der Waals surface area contributed by atoms with E-state index in [-0.39, 0.29) is 11.5 Å². The van der Waals surface area contributed by atoms with Gasteiger partial charge in [0.05, 0.1) is 11.5 Å². The minimum Gasteiger partial charge on any atom is -0.369 e. The molecule has 0 saturated carbocycles. The average molecular weight is 268 g/mol. The predicted molar refractivity (Wildman–Crippen MR) is 74.8 cm³/mol. The maximum atomic E-state index is 11.4. The second-order valence-corrected chi connectivity index (χ2v) is 7.08. The summed E-state index contributed by atoms with van der Waals surface area (Å²) in [5, 5.41) is 3.14. The first-order valence-electron chi connectivity index (χ1n) is 6.21. The highest BCUT2D eigenvalue weighted by Gasteiger charge is 2.21. The molecule has 2 rings (SSSR count). The van der Waals surface area contributed by atoms with E-state index >= 15 is 0 Å². The summed E-state index contributed by atoms with van der Waals surface area (Å²) in [6.07, 6.45) is 0. The lowest BCUT2D eigenvalue weighted by molar-refractivity contribution is 0.587. The molecule has 1 aromatic carbocycles. The topological polar surface area (TPSA) is 49.4 Å². The highest BCUT2D eigenvalue weighted by Crippen LogP contribution is 2.21. The van der Waals surface area contributed by atoms with Crippen molar-refractivity contribution in [3.63, 3.8) is 0 Å². The number of anilines is 1. The lowest BCUT2D eigenvalue weighted by Crippen LogP contribution is -2.40. The van der Waals surface area contributed by atoms with Gasteiger partial charge in [-0.05, 0) is 37.2 Å². The second-order valence-electron chi connectivity index (χ2n) is 4.78. The minimum atomic E-state index is -2.80. The van der Waals surface area contributed by atoms with Gasteiger partial charge in [-0.3, -0.25) is 0 Å². The van der Waals surface area contributed by atoms with Crippen molar-refractivity contribution in [3.05, 3.63) is 29.3 Å². The SMILES string of the molecule is CNCc1ccc(N2CCS(=O)(=O)CC2)cc1C. The number of hydrogen-bond acceptors (Lipinski definition) is 4. The number of benzene rings is 1. The highest BCUT2D eigenvalue weighted by molar-refractivity contribution is 7.91. The smallest absolute Gasteiger partial charge is 0.153 e. The molecule has 4 nitrogen and oxygen atoms in total. The van der Waals surface area contributed by atoms with Crippen LogP contribution in [0.25, 0.3) is 0 Å². The molecule has 0 aromatic heterocycles. The van der Waals surface area contributed by atoms with Gasteiger partial charge in [-0.15, -0.1) is 0 Å². The molecule has 1 aliphatic rings. The molecule has 0 unspecified atom stereocenters. The number of aryl methyl sites for hydroxylation is 1. The van der Waals surface area contributed by atoms with Crippen LogP contribution in [0.15, 0.2) is 18.2 Å². The molecule has 1 fully saturated rings. The van der Waals surface area contributed by atoms with Gasteiger partial charge in [0, 0.05) is 25.3 Å². The summed E-state index contributed by atoms with van der Waals surface area (Å²) in [6, 6.07) is 6.34. The zero-order valence-electron chi connectivity index (χ0n) is 10.9. The van der Waals surface area contributed by atoms with E-state index in [1.807, 2.05) is 7.05 Å². The summed E-state index contributed by atoms with van der Waals surface area (Å²) < 4.78 is 22.8. The molecule has 0 spiro atoms. The van der Waals surface area contributed by atoms with Gasteiger partial charge < -0.3 is 10.2 Å². The van der Waals surface area contributed by atoms with Crippen LogP contribution in [-0.2, 0) is 16.4 Å². The van der Waals surface area contributed by atoms with Crippen molar-refractivity contribution in [1.82, 2.24) is 5.32 Å². The summed E-state index contributed by atoms with van der Waals surface area (Å²) in [6.45, 7) is 4.16. The van der Waals surface area contributed by atoms with Gasteiger partial charge in [-0.2, -0.15) is 0 Å². The van der Waals surface area contributed by atoms with Crippen molar-refractivity contribution in [2.24, 2.45) is 0 Å². The van der Waals surface area contributed by atoms with Crippen molar-refractivity contribution < 1.29 is 8.42 Å². The van der Waals surface area contributed by atoms with Crippen LogP contribution < -0.4 is 10.2 Å². The fourth-order valence-electron chi connectivity index (χ4n) is 2.24. The van der Waals surface area contributed by atoms with Gasteiger partial charge in [0.2, 0.25) is 0 Å². The first-order chi connectivity index (χ1) is 8.52. The van der Waals surface area contributed by atoms with Crippen LogP contribution in [0.4, 0.5) is 5.69 Å². The lowest BCUT2D eigenvalue weighted by Gasteiger charge is -2.29. The van der Waals surface area contributed by atoms with Crippen molar-refractivity contribution >= 4 is 15.5 Å². The van der Waals surface area contributed by atoms with Crippen LogP contribution in [0.2, 0.25) is 0 Å². The van der Waals surface area contributed by atoms with Gasteiger partial charge in [0.25, 0.3) is 0 Å². The zero-order chi connectivity index (χ0) is 13.2. The first kappa shape index (κ1) is 13.4. The normalized spacial score (nSPS) is 18.9. The Hall–Kier alpha value is -1.07. The Bertz CT molecular complexity index is 512. The summed E-state index contributed by atoms with van der Waals surface area (Å²) in [4.78, 5) is 2.15. The van der Waals surface area contributed by atoms with E-state index in [1.165, 1.54) is 11.1 Å². The summed E-state index contributed by atoms with van der Waals surface area (Å²) >= 11 is 0. The third kappa shape index (κ3) is 3.03. The van der Waals surface area contributed by atoms with Crippen LogP contribution in [0.5, 0.6) is 0 Å². The van der Waals surface area contributed by atoms with Crippen LogP contribution in [0.3, 0.4) is 0 Å². The Morgan fingerprint density at radius 3 is 2.50 bits per heavy atom. The molecule has 0 atom stereocenters. The molecule has 1 aliphatic heterocycles. The molecular weight excluding hydrogens is 248 g/mol. The van der Waals surface area contributed by atoms with Gasteiger partial charge in [-0.25, -0.2) is 8.42 Å². The molecule has 1 saturated heterocycles. The van der Waals surface area contributed by atoms with Gasteiger partial charge in [0.15, 0.2) is 9.84 Å². The van der Waals surface area contributed by atoms with Gasteiger partial charge in [0.1, 0.15) is 0 Å². The summed E-state index contributed by atoms with van der Waals surface area (Å²) in [7, 11) is -0.869. The molecule has 0 amide bonds. The van der Waals surface area contributed by atoms with E-state index in [0.717, 1.165) is 12.2 Å². The van der Waals surface area contributed by atoms with Crippen LogP contribution >= 0.6 is 0 Å². The number of nitrogens with one attached hydrogen (secondary N) is 1. The maximum absolute atomic E-state index is 11.4. The average Bonchev–Trinajstić information content (AvgIpc) is 2.32. The monoisotopic (exact) mass is 268 g/mol. The molecule has 0 radical (unpaired) electrons. The quantitative estimate of drug-likeness (QED) is 0.887. The molecule has 5 heteroatoms. The van der Waals surface area contributed by atoms with E-state index in [1.54, 1.807) is 0 Å². The van der Waals surface area contributed by atoms with Gasteiger partial charge >= 0.3 is 0 Å².